The number of morpholine rings is 1. The van der Waals surface area contributed by atoms with E-state index in [2.05, 4.69) is 29.3 Å². The highest BCUT2D eigenvalue weighted by atomic mass is 35.5. The fraction of sp³-hybridized carbons (Fsp3) is 0.600. The van der Waals surface area contributed by atoms with Crippen molar-refractivity contribution < 1.29 is 9.84 Å². The van der Waals surface area contributed by atoms with Crippen LogP contribution in [0.15, 0.2) is 18.2 Å². The van der Waals surface area contributed by atoms with Crippen molar-refractivity contribution in [1.82, 2.24) is 5.32 Å². The van der Waals surface area contributed by atoms with Gasteiger partial charge < -0.3 is 20.1 Å². The molecule has 0 saturated carbocycles. The Morgan fingerprint density at radius 1 is 1.50 bits per heavy atom. The molecule has 1 saturated heterocycles. The first-order chi connectivity index (χ1) is 9.74. The molecule has 2 N–H and O–H groups in total. The van der Waals surface area contributed by atoms with Gasteiger partial charge in [-0.3, -0.25) is 0 Å². The number of hydrogen-bond donors (Lipinski definition) is 2. The molecule has 0 radical (unpaired) electrons. The molecule has 1 fully saturated rings. The van der Waals surface area contributed by atoms with Crippen molar-refractivity contribution in [1.29, 1.82) is 0 Å². The summed E-state index contributed by atoms with van der Waals surface area (Å²) in [5, 5.41) is 13.3. The van der Waals surface area contributed by atoms with Crippen molar-refractivity contribution in [3.05, 3.63) is 28.8 Å². The molecule has 1 aliphatic rings. The van der Waals surface area contributed by atoms with Crippen LogP contribution in [-0.4, -0.2) is 44.1 Å². The van der Waals surface area contributed by atoms with E-state index in [1.165, 1.54) is 0 Å². The molecule has 1 unspecified atom stereocenters. The highest BCUT2D eigenvalue weighted by Gasteiger charge is 2.20. The summed E-state index contributed by atoms with van der Waals surface area (Å²) in [5.41, 5.74) is 2.21. The van der Waals surface area contributed by atoms with Gasteiger partial charge in [0.15, 0.2) is 0 Å². The summed E-state index contributed by atoms with van der Waals surface area (Å²) in [4.78, 5) is 2.21. The van der Waals surface area contributed by atoms with Crippen molar-refractivity contribution in [2.75, 3.05) is 37.7 Å². The van der Waals surface area contributed by atoms with Crippen LogP contribution in [0, 0.1) is 0 Å². The Morgan fingerprint density at radius 3 is 3.05 bits per heavy atom. The van der Waals surface area contributed by atoms with Crippen LogP contribution < -0.4 is 10.2 Å². The SMILES string of the molecule is CCCNCc1ccc(N2CCOC(CO)C2)cc1Cl. The summed E-state index contributed by atoms with van der Waals surface area (Å²) in [6.45, 7) is 6.19. The second kappa shape index (κ2) is 7.84. The van der Waals surface area contributed by atoms with Gasteiger partial charge in [-0.2, -0.15) is 0 Å². The van der Waals surface area contributed by atoms with Gasteiger partial charge in [0.05, 0.1) is 19.3 Å². The number of anilines is 1. The summed E-state index contributed by atoms with van der Waals surface area (Å²) in [6.07, 6.45) is 1.01. The van der Waals surface area contributed by atoms with Crippen LogP contribution in [0.5, 0.6) is 0 Å². The largest absolute Gasteiger partial charge is 0.394 e. The van der Waals surface area contributed by atoms with Crippen LogP contribution >= 0.6 is 11.6 Å². The number of aliphatic hydroxyl groups excluding tert-OH is 1. The molecular formula is C15H23ClN2O2. The average Bonchev–Trinajstić information content (AvgIpc) is 2.49. The van der Waals surface area contributed by atoms with Crippen LogP contribution in [0.25, 0.3) is 0 Å². The lowest BCUT2D eigenvalue weighted by Crippen LogP contribution is -2.44. The van der Waals surface area contributed by atoms with Crippen LogP contribution in [0.1, 0.15) is 18.9 Å². The number of halogens is 1. The van der Waals surface area contributed by atoms with E-state index >= 15 is 0 Å². The minimum atomic E-state index is -0.103. The molecule has 5 heteroatoms. The Kier molecular flexibility index (Phi) is 6.10. The van der Waals surface area contributed by atoms with Gasteiger partial charge in [-0.1, -0.05) is 24.6 Å². The van der Waals surface area contributed by atoms with Gasteiger partial charge in [0.2, 0.25) is 0 Å². The molecule has 0 amide bonds. The molecule has 2 rings (SSSR count). The van der Waals surface area contributed by atoms with E-state index in [4.69, 9.17) is 16.3 Å². The van der Waals surface area contributed by atoms with E-state index < -0.39 is 0 Å². The van der Waals surface area contributed by atoms with Crippen molar-refractivity contribution in [2.24, 2.45) is 0 Å². The highest BCUT2D eigenvalue weighted by molar-refractivity contribution is 6.31. The lowest BCUT2D eigenvalue weighted by Gasteiger charge is -2.34. The molecule has 1 aromatic carbocycles. The molecule has 1 heterocycles. The second-order valence-electron chi connectivity index (χ2n) is 5.07. The minimum Gasteiger partial charge on any atom is -0.394 e. The second-order valence-corrected chi connectivity index (χ2v) is 5.48. The molecule has 112 valence electrons. The van der Waals surface area contributed by atoms with Crippen LogP contribution in [0.2, 0.25) is 5.02 Å². The Bertz CT molecular complexity index is 428. The summed E-state index contributed by atoms with van der Waals surface area (Å²) >= 11 is 6.35. The van der Waals surface area contributed by atoms with Crippen molar-refractivity contribution >= 4 is 17.3 Å². The van der Waals surface area contributed by atoms with E-state index in [-0.39, 0.29) is 12.7 Å². The van der Waals surface area contributed by atoms with Crippen LogP contribution in [-0.2, 0) is 11.3 Å². The van der Waals surface area contributed by atoms with E-state index in [0.29, 0.717) is 13.2 Å². The zero-order chi connectivity index (χ0) is 14.4. The maximum absolute atomic E-state index is 9.19. The fourth-order valence-electron chi connectivity index (χ4n) is 2.34. The maximum atomic E-state index is 9.19. The standard InChI is InChI=1S/C15H23ClN2O2/c1-2-5-17-9-12-3-4-13(8-15(12)16)18-6-7-20-14(10-18)11-19/h3-4,8,14,17,19H,2,5-7,9-11H2,1H3. The Morgan fingerprint density at radius 2 is 2.35 bits per heavy atom. The molecule has 1 atom stereocenters. The van der Waals surface area contributed by atoms with E-state index in [0.717, 1.165) is 42.3 Å². The smallest absolute Gasteiger partial charge is 0.0980 e. The topological polar surface area (TPSA) is 44.7 Å². The molecule has 4 nitrogen and oxygen atoms in total. The molecule has 1 aromatic rings. The number of benzene rings is 1. The number of hydrogen-bond acceptors (Lipinski definition) is 4. The van der Waals surface area contributed by atoms with Crippen molar-refractivity contribution in [3.63, 3.8) is 0 Å². The number of nitrogens with zero attached hydrogens (tertiary/aromatic N) is 1. The van der Waals surface area contributed by atoms with Gasteiger partial charge in [0, 0.05) is 30.3 Å². The Balaban J connectivity index is 2.00. The lowest BCUT2D eigenvalue weighted by atomic mass is 10.1. The van der Waals surface area contributed by atoms with Crippen molar-refractivity contribution in [3.8, 4) is 0 Å². The molecular weight excluding hydrogens is 276 g/mol. The zero-order valence-electron chi connectivity index (χ0n) is 11.9. The quantitative estimate of drug-likeness (QED) is 0.789. The van der Waals surface area contributed by atoms with Crippen LogP contribution in [0.3, 0.4) is 0 Å². The first-order valence-electron chi connectivity index (χ1n) is 7.21. The van der Waals surface area contributed by atoms with Gasteiger partial charge in [-0.25, -0.2) is 0 Å². The first-order valence-corrected chi connectivity index (χ1v) is 7.59. The number of ether oxygens (including phenoxy) is 1. The zero-order valence-corrected chi connectivity index (χ0v) is 12.7. The maximum Gasteiger partial charge on any atom is 0.0980 e. The summed E-state index contributed by atoms with van der Waals surface area (Å²) in [5.74, 6) is 0. The molecule has 20 heavy (non-hydrogen) atoms. The van der Waals surface area contributed by atoms with Crippen molar-refractivity contribution in [2.45, 2.75) is 26.0 Å². The number of rotatable bonds is 6. The van der Waals surface area contributed by atoms with Gasteiger partial charge in [-0.05, 0) is 30.7 Å². The number of nitrogens with one attached hydrogen (secondary N) is 1. The van der Waals surface area contributed by atoms with Gasteiger partial charge >= 0.3 is 0 Å². The third-order valence-electron chi connectivity index (χ3n) is 3.49. The predicted octanol–water partition coefficient (Wildman–Crippen LogP) is 2.04. The lowest BCUT2D eigenvalue weighted by molar-refractivity contribution is 0.00357. The molecule has 0 spiro atoms. The Hall–Kier alpha value is -0.810. The van der Waals surface area contributed by atoms with E-state index in [9.17, 15) is 5.11 Å². The third kappa shape index (κ3) is 4.09. The van der Waals surface area contributed by atoms with Gasteiger partial charge in [-0.15, -0.1) is 0 Å². The molecule has 0 aliphatic carbocycles. The highest BCUT2D eigenvalue weighted by Crippen LogP contribution is 2.25. The average molecular weight is 299 g/mol. The van der Waals surface area contributed by atoms with Gasteiger partial charge in [0.25, 0.3) is 0 Å². The molecule has 0 bridgehead atoms. The summed E-state index contributed by atoms with van der Waals surface area (Å²) < 4.78 is 5.46. The predicted molar refractivity (Wildman–Crippen MR) is 82.5 cm³/mol. The molecule has 1 aliphatic heterocycles. The van der Waals surface area contributed by atoms with Gasteiger partial charge in [0.1, 0.15) is 0 Å². The fourth-order valence-corrected chi connectivity index (χ4v) is 2.58. The van der Waals surface area contributed by atoms with E-state index in [1.54, 1.807) is 0 Å². The molecule has 0 aromatic heterocycles. The first kappa shape index (κ1) is 15.6. The summed E-state index contributed by atoms with van der Waals surface area (Å²) in [7, 11) is 0. The number of aliphatic hydroxyl groups is 1. The monoisotopic (exact) mass is 298 g/mol. The summed E-state index contributed by atoms with van der Waals surface area (Å²) in [6, 6.07) is 6.17. The van der Waals surface area contributed by atoms with Crippen LogP contribution in [0.4, 0.5) is 5.69 Å². The minimum absolute atomic E-state index is 0.0588. The Labute approximate surface area is 125 Å². The third-order valence-corrected chi connectivity index (χ3v) is 3.84. The van der Waals surface area contributed by atoms with E-state index in [1.807, 2.05) is 6.07 Å². The normalized spacial score (nSPS) is 19.4.